The van der Waals surface area contributed by atoms with E-state index in [0.717, 1.165) is 4.90 Å². The number of hydrogen-bond acceptors (Lipinski definition) is 6. The van der Waals surface area contributed by atoms with Gasteiger partial charge in [-0.05, 0) is 29.8 Å². The number of halogens is 1. The molecule has 1 amide bonds. The monoisotopic (exact) mass is 456 g/mol. The minimum Gasteiger partial charge on any atom is -0.872 e. The van der Waals surface area contributed by atoms with Gasteiger partial charge in [0.05, 0.1) is 31.6 Å². The lowest BCUT2D eigenvalue weighted by Gasteiger charge is -2.43. The summed E-state index contributed by atoms with van der Waals surface area (Å²) in [5.41, 5.74) is -1.96. The summed E-state index contributed by atoms with van der Waals surface area (Å²) in [5, 5.41) is 14.0. The van der Waals surface area contributed by atoms with Crippen molar-refractivity contribution in [1.29, 1.82) is 0 Å². The summed E-state index contributed by atoms with van der Waals surface area (Å²) >= 11 is 5.94. The largest absolute Gasteiger partial charge is 0.872 e. The number of benzene rings is 2. The van der Waals surface area contributed by atoms with E-state index >= 15 is 0 Å². The van der Waals surface area contributed by atoms with Crippen molar-refractivity contribution in [3.63, 3.8) is 0 Å². The number of morpholine rings is 1. The van der Waals surface area contributed by atoms with Gasteiger partial charge in [0, 0.05) is 5.02 Å². The van der Waals surface area contributed by atoms with Gasteiger partial charge in [-0.3, -0.25) is 14.5 Å². The van der Waals surface area contributed by atoms with Crippen molar-refractivity contribution in [2.45, 2.75) is 5.66 Å². The number of nitrogens with one attached hydrogen (secondary N) is 1. The molecule has 4 rings (SSSR count). The Bertz CT molecular complexity index is 1080. The van der Waals surface area contributed by atoms with E-state index in [4.69, 9.17) is 21.1 Å². The zero-order valence-electron chi connectivity index (χ0n) is 17.3. The van der Waals surface area contributed by atoms with Gasteiger partial charge in [-0.25, -0.2) is 9.69 Å². The zero-order chi connectivity index (χ0) is 22.9. The van der Waals surface area contributed by atoms with Crippen LogP contribution < -0.4 is 14.9 Å². The van der Waals surface area contributed by atoms with E-state index in [1.165, 1.54) is 31.4 Å². The molecule has 1 unspecified atom stereocenters. The number of para-hydroxylation sites is 1. The molecule has 2 aliphatic rings. The van der Waals surface area contributed by atoms with Crippen LogP contribution in [0.2, 0.25) is 5.02 Å². The first-order valence-electron chi connectivity index (χ1n) is 10.1. The van der Waals surface area contributed by atoms with Crippen LogP contribution in [0.25, 0.3) is 5.76 Å². The van der Waals surface area contributed by atoms with Crippen LogP contribution >= 0.6 is 11.6 Å². The Morgan fingerprint density at radius 2 is 1.72 bits per heavy atom. The molecule has 32 heavy (non-hydrogen) atoms. The molecule has 2 heterocycles. The average molecular weight is 457 g/mol. The first-order chi connectivity index (χ1) is 15.4. The number of ketones is 1. The fraction of sp³-hybridized carbons (Fsp3) is 0.261. The molecule has 2 aliphatic heterocycles. The summed E-state index contributed by atoms with van der Waals surface area (Å²) in [5.74, 6) is -3.58. The summed E-state index contributed by atoms with van der Waals surface area (Å²) in [6.45, 7) is 1.16. The quantitative estimate of drug-likeness (QED) is 0.296. The molecule has 0 bridgehead atoms. The van der Waals surface area contributed by atoms with Crippen molar-refractivity contribution in [3.8, 4) is 0 Å². The summed E-state index contributed by atoms with van der Waals surface area (Å²) in [6.07, 6.45) is 0. The summed E-state index contributed by atoms with van der Waals surface area (Å²) in [4.78, 5) is 41.7. The highest BCUT2D eigenvalue weighted by Gasteiger charge is 2.68. The van der Waals surface area contributed by atoms with Crippen LogP contribution in [0.4, 0.5) is 5.69 Å². The Kier molecular flexibility index (Phi) is 6.01. The van der Waals surface area contributed by atoms with Crippen LogP contribution in [0.15, 0.2) is 60.2 Å². The normalized spacial score (nSPS) is 23.4. The molecule has 0 aromatic heterocycles. The number of carbonyl (C=O) groups is 3. The second-order valence-electron chi connectivity index (χ2n) is 7.43. The number of esters is 1. The summed E-state index contributed by atoms with van der Waals surface area (Å²) < 4.78 is 10.6. The van der Waals surface area contributed by atoms with Crippen LogP contribution in [0.3, 0.4) is 0 Å². The molecule has 166 valence electrons. The Labute approximate surface area is 189 Å². The van der Waals surface area contributed by atoms with E-state index in [0.29, 0.717) is 28.8 Å². The summed E-state index contributed by atoms with van der Waals surface area (Å²) in [6, 6.07) is 14.3. The van der Waals surface area contributed by atoms with E-state index in [2.05, 4.69) is 0 Å². The highest BCUT2D eigenvalue weighted by molar-refractivity contribution is 6.54. The maximum absolute atomic E-state index is 13.6. The zero-order valence-corrected chi connectivity index (χ0v) is 18.1. The lowest BCUT2D eigenvalue weighted by molar-refractivity contribution is -0.942. The van der Waals surface area contributed by atoms with Gasteiger partial charge in [-0.1, -0.05) is 47.7 Å². The number of nitrogens with zero attached hydrogens (tertiary/aromatic N) is 1. The lowest BCUT2D eigenvalue weighted by atomic mass is 9.92. The lowest BCUT2D eigenvalue weighted by Crippen LogP contribution is -3.25. The summed E-state index contributed by atoms with van der Waals surface area (Å²) in [7, 11) is 1.17. The fourth-order valence-corrected chi connectivity index (χ4v) is 4.46. The van der Waals surface area contributed by atoms with Crippen molar-refractivity contribution in [2.75, 3.05) is 38.3 Å². The molecule has 0 radical (unpaired) electrons. The van der Waals surface area contributed by atoms with Crippen LogP contribution in [0.5, 0.6) is 0 Å². The van der Waals surface area contributed by atoms with E-state index in [9.17, 15) is 19.5 Å². The minimum absolute atomic E-state index is 0.140. The van der Waals surface area contributed by atoms with Gasteiger partial charge < -0.3 is 14.6 Å². The number of anilines is 1. The smallest absolute Gasteiger partial charge is 0.396 e. The predicted octanol–water partition coefficient (Wildman–Crippen LogP) is -0.188. The van der Waals surface area contributed by atoms with Crippen molar-refractivity contribution in [2.24, 2.45) is 0 Å². The van der Waals surface area contributed by atoms with Crippen LogP contribution in [-0.2, 0) is 23.9 Å². The molecular formula is C23H21ClN2O6. The molecule has 1 N–H and O–H groups in total. The van der Waals surface area contributed by atoms with Gasteiger partial charge in [0.2, 0.25) is 0 Å². The van der Waals surface area contributed by atoms with Gasteiger partial charge in [0.1, 0.15) is 13.1 Å². The Balaban J connectivity index is 2.05. The predicted molar refractivity (Wildman–Crippen MR) is 114 cm³/mol. The molecule has 8 nitrogen and oxygen atoms in total. The number of ether oxygens (including phenoxy) is 2. The molecule has 9 heteroatoms. The second-order valence-corrected chi connectivity index (χ2v) is 7.87. The van der Waals surface area contributed by atoms with E-state index < -0.39 is 34.7 Å². The van der Waals surface area contributed by atoms with Gasteiger partial charge in [-0.15, -0.1) is 0 Å². The molecule has 2 aromatic rings. The van der Waals surface area contributed by atoms with Crippen LogP contribution in [0, 0.1) is 0 Å². The van der Waals surface area contributed by atoms with E-state index in [1.54, 1.807) is 30.3 Å². The maximum atomic E-state index is 13.6. The van der Waals surface area contributed by atoms with Crippen LogP contribution in [0.1, 0.15) is 5.56 Å². The van der Waals surface area contributed by atoms with Gasteiger partial charge in [-0.2, -0.15) is 0 Å². The van der Waals surface area contributed by atoms with Gasteiger partial charge >= 0.3 is 17.5 Å². The number of rotatable bonds is 4. The average Bonchev–Trinajstić information content (AvgIpc) is 3.07. The molecule has 2 saturated heterocycles. The number of Topliss-reactive ketones (excluding diaryl/α,β-unsaturated/α-hetero) is 1. The number of carbonyl (C=O) groups excluding carboxylic acids is 3. The second kappa shape index (κ2) is 8.74. The Morgan fingerprint density at radius 3 is 2.31 bits per heavy atom. The highest BCUT2D eigenvalue weighted by atomic mass is 35.5. The fourth-order valence-electron chi connectivity index (χ4n) is 4.34. The number of amides is 1. The van der Waals surface area contributed by atoms with Crippen molar-refractivity contribution in [3.05, 3.63) is 70.8 Å². The Hall–Kier alpha value is -3.20. The third-order valence-electron chi connectivity index (χ3n) is 5.76. The third-order valence-corrected chi connectivity index (χ3v) is 6.01. The highest BCUT2D eigenvalue weighted by Crippen LogP contribution is 2.37. The number of methoxy groups -OCH3 is 1. The SMILES string of the molecule is COC(=O)C1([NH+]2CCOCC2)C(=C([O-])c2ccc(Cl)cc2)C(=O)C(=O)N1c1ccccc1. The molecule has 0 spiro atoms. The maximum Gasteiger partial charge on any atom is 0.396 e. The van der Waals surface area contributed by atoms with Crippen molar-refractivity contribution < 1.29 is 33.9 Å². The Morgan fingerprint density at radius 1 is 1.09 bits per heavy atom. The first-order valence-corrected chi connectivity index (χ1v) is 10.4. The van der Waals surface area contributed by atoms with Gasteiger partial charge in [0.15, 0.2) is 0 Å². The number of quaternary nitrogens is 1. The molecule has 0 aliphatic carbocycles. The van der Waals surface area contributed by atoms with E-state index in [-0.39, 0.29) is 18.7 Å². The van der Waals surface area contributed by atoms with Gasteiger partial charge in [0.25, 0.3) is 5.78 Å². The number of hydrogen-bond donors (Lipinski definition) is 1. The topological polar surface area (TPSA) is 100 Å². The van der Waals surface area contributed by atoms with Crippen molar-refractivity contribution in [1.82, 2.24) is 0 Å². The molecular weight excluding hydrogens is 436 g/mol. The first kappa shape index (κ1) is 22.0. The molecule has 2 fully saturated rings. The minimum atomic E-state index is -1.98. The molecule has 2 aromatic carbocycles. The van der Waals surface area contributed by atoms with E-state index in [1.807, 2.05) is 0 Å². The molecule has 0 saturated carbocycles. The third kappa shape index (κ3) is 3.37. The van der Waals surface area contributed by atoms with Crippen LogP contribution in [-0.4, -0.2) is 56.7 Å². The molecule has 1 atom stereocenters. The standard InChI is InChI=1S/C23H21ClN2O6/c1-31-22(30)23(25-11-13-32-14-12-25)18(19(27)15-7-9-16(24)10-8-15)20(28)21(29)26(23)17-5-3-2-4-6-17/h2-10,27H,11-14H2,1H3. The van der Waals surface area contributed by atoms with Crippen molar-refractivity contribution >= 4 is 40.7 Å².